The zero-order valence-corrected chi connectivity index (χ0v) is 16.0. The fraction of sp³-hybridized carbons (Fsp3) is 0.381. The van der Waals surface area contributed by atoms with Gasteiger partial charge in [0.2, 0.25) is 0 Å². The lowest BCUT2D eigenvalue weighted by molar-refractivity contribution is -0.384. The smallest absolute Gasteiger partial charge is 0.271 e. The first-order chi connectivity index (χ1) is 13.2. The minimum atomic E-state index is -0.630. The molecule has 0 aliphatic heterocycles. The second-order valence-corrected chi connectivity index (χ2v) is 7.62. The number of nitro benzene ring substituents is 1. The van der Waals surface area contributed by atoms with Crippen LogP contribution in [-0.4, -0.2) is 15.7 Å². The third-order valence-corrected chi connectivity index (χ3v) is 5.08. The van der Waals surface area contributed by atoms with E-state index in [1.807, 2.05) is 19.9 Å². The van der Waals surface area contributed by atoms with Crippen LogP contribution < -0.4 is 5.56 Å². The summed E-state index contributed by atoms with van der Waals surface area (Å²) in [7, 11) is 0. The Labute approximate surface area is 162 Å². The molecule has 0 radical (unpaired) electrons. The molecule has 3 rings (SSSR count). The lowest BCUT2D eigenvalue weighted by atomic mass is 9.86. The molecule has 7 nitrogen and oxygen atoms in total. The zero-order valence-electron chi connectivity index (χ0n) is 16.0. The Bertz CT molecular complexity index is 1070. The summed E-state index contributed by atoms with van der Waals surface area (Å²) < 4.78 is 0. The summed E-state index contributed by atoms with van der Waals surface area (Å²) >= 11 is 0. The predicted molar refractivity (Wildman–Crippen MR) is 104 cm³/mol. The number of nitrogens with zero attached hydrogens (tertiary/aromatic N) is 2. The topological polar surface area (TPSA) is 117 Å². The maximum Gasteiger partial charge on any atom is 0.271 e. The average Bonchev–Trinajstić information content (AvgIpc) is 3.46. The lowest BCUT2D eigenvalue weighted by Gasteiger charge is -2.18. The van der Waals surface area contributed by atoms with Crippen molar-refractivity contribution in [3.8, 4) is 6.07 Å². The Hall–Kier alpha value is -3.27. The van der Waals surface area contributed by atoms with Crippen LogP contribution in [0.3, 0.4) is 0 Å². The molecule has 0 atom stereocenters. The second kappa shape index (κ2) is 7.39. The van der Waals surface area contributed by atoms with Gasteiger partial charge in [-0.2, -0.15) is 5.26 Å². The first kappa shape index (κ1) is 19.5. The summed E-state index contributed by atoms with van der Waals surface area (Å²) in [6.45, 7) is 5.45. The fourth-order valence-electron chi connectivity index (χ4n) is 3.51. The first-order valence-electron chi connectivity index (χ1n) is 9.22. The molecule has 1 saturated carbocycles. The van der Waals surface area contributed by atoms with Crippen LogP contribution >= 0.6 is 0 Å². The highest BCUT2D eigenvalue weighted by molar-refractivity contribution is 6.11. The molecule has 2 aromatic rings. The number of aryl methyl sites for hydroxylation is 1. The molecule has 1 aromatic heterocycles. The van der Waals surface area contributed by atoms with Gasteiger partial charge in [0, 0.05) is 34.5 Å². The number of carbonyl (C=O) groups is 1. The van der Waals surface area contributed by atoms with E-state index in [2.05, 4.69) is 4.98 Å². The van der Waals surface area contributed by atoms with Crippen LogP contribution in [0.2, 0.25) is 0 Å². The maximum atomic E-state index is 13.5. The summed E-state index contributed by atoms with van der Waals surface area (Å²) in [5, 5.41) is 20.4. The molecule has 0 amide bonds. The predicted octanol–water partition coefficient (Wildman–Crippen LogP) is 3.77. The minimum Gasteiger partial charge on any atom is -0.326 e. The minimum absolute atomic E-state index is 0.0361. The van der Waals surface area contributed by atoms with Gasteiger partial charge in [-0.15, -0.1) is 0 Å². The molecule has 1 N–H and O–H groups in total. The van der Waals surface area contributed by atoms with E-state index < -0.39 is 10.7 Å². The van der Waals surface area contributed by atoms with Crippen LogP contribution in [0.25, 0.3) is 0 Å². The summed E-state index contributed by atoms with van der Waals surface area (Å²) in [6.07, 6.45) is 2.85. The van der Waals surface area contributed by atoms with E-state index in [1.165, 1.54) is 12.1 Å². The molecule has 144 valence electrons. The normalized spacial score (nSPS) is 13.4. The number of non-ortho nitro benzene ring substituents is 1. The molecule has 0 saturated heterocycles. The van der Waals surface area contributed by atoms with Crippen LogP contribution in [0, 0.1) is 34.3 Å². The standard InChI is InChI=1S/C21H21N3O4/c1-11(2)18-19(17(8-13-4-5-13)12(3)23-21(18)26)20(25)15-6-14(10-22)7-16(9-15)24(27)28/h6-7,9,11,13H,4-5,8H2,1-3H3,(H,23,26). The fourth-order valence-corrected chi connectivity index (χ4v) is 3.51. The monoisotopic (exact) mass is 379 g/mol. The number of hydrogen-bond donors (Lipinski definition) is 1. The summed E-state index contributed by atoms with van der Waals surface area (Å²) in [5.41, 5.74) is 1.60. The van der Waals surface area contributed by atoms with Gasteiger partial charge < -0.3 is 4.98 Å². The van der Waals surface area contributed by atoms with Crippen LogP contribution in [0.15, 0.2) is 23.0 Å². The quantitative estimate of drug-likeness (QED) is 0.466. The summed E-state index contributed by atoms with van der Waals surface area (Å²) in [5.74, 6) is -0.167. The average molecular weight is 379 g/mol. The maximum absolute atomic E-state index is 13.5. The molecule has 7 heteroatoms. The highest BCUT2D eigenvalue weighted by Gasteiger charge is 2.30. The molecule has 1 fully saturated rings. The van der Waals surface area contributed by atoms with E-state index in [1.54, 1.807) is 6.92 Å². The lowest BCUT2D eigenvalue weighted by Crippen LogP contribution is -2.24. The third kappa shape index (κ3) is 3.72. The number of rotatable bonds is 6. The highest BCUT2D eigenvalue weighted by Crippen LogP contribution is 2.36. The van der Waals surface area contributed by atoms with Crippen molar-refractivity contribution in [2.24, 2.45) is 5.92 Å². The molecule has 1 heterocycles. The second-order valence-electron chi connectivity index (χ2n) is 7.62. The zero-order chi connectivity index (χ0) is 20.6. The van der Waals surface area contributed by atoms with Gasteiger partial charge in [-0.05, 0) is 49.7 Å². The van der Waals surface area contributed by atoms with Crippen molar-refractivity contribution < 1.29 is 9.72 Å². The van der Waals surface area contributed by atoms with Gasteiger partial charge in [-0.25, -0.2) is 0 Å². The Morgan fingerprint density at radius 2 is 2.04 bits per heavy atom. The summed E-state index contributed by atoms with van der Waals surface area (Å²) in [6, 6.07) is 5.51. The number of H-pyrrole nitrogens is 1. The van der Waals surface area contributed by atoms with Crippen LogP contribution in [0.1, 0.15) is 70.9 Å². The number of carbonyl (C=O) groups excluding carboxylic acids is 1. The third-order valence-electron chi connectivity index (χ3n) is 5.08. The van der Waals surface area contributed by atoms with E-state index in [0.717, 1.165) is 24.5 Å². The molecular formula is C21H21N3O4. The highest BCUT2D eigenvalue weighted by atomic mass is 16.6. The van der Waals surface area contributed by atoms with Crippen molar-refractivity contribution in [1.82, 2.24) is 4.98 Å². The largest absolute Gasteiger partial charge is 0.326 e. The van der Waals surface area contributed by atoms with Crippen molar-refractivity contribution >= 4 is 11.5 Å². The first-order valence-corrected chi connectivity index (χ1v) is 9.22. The summed E-state index contributed by atoms with van der Waals surface area (Å²) in [4.78, 5) is 39.5. The van der Waals surface area contributed by atoms with E-state index in [9.17, 15) is 25.0 Å². The van der Waals surface area contributed by atoms with Crippen molar-refractivity contribution in [2.75, 3.05) is 0 Å². The molecular weight excluding hydrogens is 358 g/mol. The van der Waals surface area contributed by atoms with Gasteiger partial charge in [-0.1, -0.05) is 13.8 Å². The van der Waals surface area contributed by atoms with Gasteiger partial charge >= 0.3 is 0 Å². The Balaban J connectivity index is 2.26. The number of nitrogens with one attached hydrogen (secondary N) is 1. The number of nitro groups is 1. The van der Waals surface area contributed by atoms with Gasteiger partial charge in [-0.3, -0.25) is 19.7 Å². The molecule has 0 spiro atoms. The van der Waals surface area contributed by atoms with E-state index in [-0.39, 0.29) is 28.3 Å². The van der Waals surface area contributed by atoms with Crippen LogP contribution in [-0.2, 0) is 6.42 Å². The number of ketones is 1. The number of hydrogen-bond acceptors (Lipinski definition) is 5. The van der Waals surface area contributed by atoms with E-state index >= 15 is 0 Å². The molecule has 28 heavy (non-hydrogen) atoms. The molecule has 1 aliphatic carbocycles. The van der Waals surface area contributed by atoms with E-state index in [4.69, 9.17) is 0 Å². The number of nitriles is 1. The van der Waals surface area contributed by atoms with Gasteiger partial charge in [0.25, 0.3) is 11.2 Å². The van der Waals surface area contributed by atoms with Crippen molar-refractivity contribution in [3.05, 3.63) is 72.2 Å². The molecule has 1 aromatic carbocycles. The van der Waals surface area contributed by atoms with Crippen LogP contribution in [0.5, 0.6) is 0 Å². The number of pyridine rings is 1. The Morgan fingerprint density at radius 1 is 1.36 bits per heavy atom. The van der Waals surface area contributed by atoms with E-state index in [0.29, 0.717) is 29.2 Å². The number of aromatic amines is 1. The van der Waals surface area contributed by atoms with Crippen molar-refractivity contribution in [3.63, 3.8) is 0 Å². The van der Waals surface area contributed by atoms with Gasteiger partial charge in [0.1, 0.15) is 0 Å². The van der Waals surface area contributed by atoms with Crippen LogP contribution in [0.4, 0.5) is 5.69 Å². The van der Waals surface area contributed by atoms with Gasteiger partial charge in [0.05, 0.1) is 16.6 Å². The number of benzene rings is 1. The Morgan fingerprint density at radius 3 is 2.57 bits per heavy atom. The van der Waals surface area contributed by atoms with Crippen molar-refractivity contribution in [1.29, 1.82) is 5.26 Å². The Kier molecular flexibility index (Phi) is 5.14. The van der Waals surface area contributed by atoms with Crippen molar-refractivity contribution in [2.45, 2.75) is 46.0 Å². The molecule has 0 unspecified atom stereocenters. The SMILES string of the molecule is Cc1[nH]c(=O)c(C(C)C)c(C(=O)c2cc(C#N)cc([N+](=O)[O-])c2)c1CC1CC1. The van der Waals surface area contributed by atoms with Gasteiger partial charge in [0.15, 0.2) is 5.78 Å². The molecule has 1 aliphatic rings. The molecule has 0 bridgehead atoms. The number of aromatic nitrogens is 1.